The molecule has 36 heavy (non-hydrogen) atoms. The Labute approximate surface area is 216 Å². The lowest BCUT2D eigenvalue weighted by Gasteiger charge is -2.17. The SMILES string of the molecule is CC(C)(C)CCCCc1ccc2c(c1)oc1cc3c(cc12)oc1cc(CCCCC(C)(C)C)ccc13. The molecule has 5 rings (SSSR count). The number of rotatable bonds is 8. The molecule has 2 aromatic heterocycles. The zero-order valence-corrected chi connectivity index (χ0v) is 23.1. The fourth-order valence-electron chi connectivity index (χ4n) is 5.41. The van der Waals surface area contributed by atoms with Gasteiger partial charge in [0.1, 0.15) is 22.3 Å². The topological polar surface area (TPSA) is 26.3 Å². The maximum Gasteiger partial charge on any atom is 0.136 e. The normalized spacial score (nSPS) is 13.1. The van der Waals surface area contributed by atoms with Crippen LogP contribution in [-0.2, 0) is 12.8 Å². The first kappa shape index (κ1) is 24.9. The highest BCUT2D eigenvalue weighted by atomic mass is 16.3. The van der Waals surface area contributed by atoms with Gasteiger partial charge in [-0.25, -0.2) is 0 Å². The minimum Gasteiger partial charge on any atom is -0.456 e. The second kappa shape index (κ2) is 9.61. The minimum absolute atomic E-state index is 0.414. The second-order valence-corrected chi connectivity index (χ2v) is 13.2. The van der Waals surface area contributed by atoms with E-state index in [9.17, 15) is 0 Å². The van der Waals surface area contributed by atoms with Crippen molar-refractivity contribution in [3.63, 3.8) is 0 Å². The van der Waals surface area contributed by atoms with Crippen LogP contribution in [0.4, 0.5) is 0 Å². The van der Waals surface area contributed by atoms with Crippen LogP contribution < -0.4 is 0 Å². The van der Waals surface area contributed by atoms with Crippen molar-refractivity contribution < 1.29 is 8.83 Å². The first-order chi connectivity index (χ1) is 17.1. The van der Waals surface area contributed by atoms with Crippen LogP contribution in [0.3, 0.4) is 0 Å². The van der Waals surface area contributed by atoms with Crippen LogP contribution in [0.5, 0.6) is 0 Å². The standard InChI is InChI=1S/C34H42O2/c1-33(2,3)17-9-7-11-23-13-15-25-27-21-32-28(22-31(27)35-29(25)19-23)26-16-14-24(20-30(26)36-32)12-8-10-18-34(4,5)6/h13-16,19-22H,7-12,17-18H2,1-6H3. The molecular weight excluding hydrogens is 440 g/mol. The lowest BCUT2D eigenvalue weighted by atomic mass is 9.89. The smallest absolute Gasteiger partial charge is 0.136 e. The van der Waals surface area contributed by atoms with Gasteiger partial charge in [0.05, 0.1) is 0 Å². The molecule has 0 N–H and O–H groups in total. The second-order valence-electron chi connectivity index (χ2n) is 13.2. The molecule has 0 amide bonds. The first-order valence-corrected chi connectivity index (χ1v) is 13.9. The van der Waals surface area contributed by atoms with E-state index >= 15 is 0 Å². The Morgan fingerprint density at radius 3 is 1.25 bits per heavy atom. The van der Waals surface area contributed by atoms with Gasteiger partial charge in [-0.3, -0.25) is 0 Å². The quantitative estimate of drug-likeness (QED) is 0.206. The molecule has 5 aromatic rings. The van der Waals surface area contributed by atoms with Crippen LogP contribution in [0.1, 0.15) is 91.2 Å². The molecule has 0 radical (unpaired) electrons. The highest BCUT2D eigenvalue weighted by molar-refractivity contribution is 6.14. The van der Waals surface area contributed by atoms with Crippen LogP contribution in [0.15, 0.2) is 57.4 Å². The molecule has 0 spiro atoms. The summed E-state index contributed by atoms with van der Waals surface area (Å²) in [5.41, 5.74) is 7.39. The van der Waals surface area contributed by atoms with Crippen molar-refractivity contribution in [2.45, 2.75) is 92.9 Å². The van der Waals surface area contributed by atoms with Crippen molar-refractivity contribution in [3.05, 3.63) is 59.7 Å². The van der Waals surface area contributed by atoms with Gasteiger partial charge < -0.3 is 8.83 Å². The zero-order valence-electron chi connectivity index (χ0n) is 23.1. The molecule has 190 valence electrons. The summed E-state index contributed by atoms with van der Waals surface area (Å²) in [6, 6.07) is 17.8. The fraction of sp³-hybridized carbons (Fsp3) is 0.471. The van der Waals surface area contributed by atoms with Gasteiger partial charge >= 0.3 is 0 Å². The summed E-state index contributed by atoms with van der Waals surface area (Å²) in [5, 5.41) is 4.62. The molecule has 0 saturated heterocycles. The maximum atomic E-state index is 6.35. The van der Waals surface area contributed by atoms with Crippen molar-refractivity contribution in [2.75, 3.05) is 0 Å². The average Bonchev–Trinajstić information content (AvgIpc) is 3.33. The Bertz CT molecular complexity index is 1380. The molecule has 0 atom stereocenters. The van der Waals surface area contributed by atoms with E-state index in [4.69, 9.17) is 8.83 Å². The molecule has 0 saturated carbocycles. The Kier molecular flexibility index (Phi) is 6.66. The van der Waals surface area contributed by atoms with Gasteiger partial charge in [0.25, 0.3) is 0 Å². The number of aryl methyl sites for hydroxylation is 2. The van der Waals surface area contributed by atoms with Gasteiger partial charge in [0.2, 0.25) is 0 Å². The van der Waals surface area contributed by atoms with Crippen LogP contribution >= 0.6 is 0 Å². The predicted molar refractivity (Wildman–Crippen MR) is 155 cm³/mol. The van der Waals surface area contributed by atoms with Crippen molar-refractivity contribution in [1.29, 1.82) is 0 Å². The van der Waals surface area contributed by atoms with Gasteiger partial charge in [0, 0.05) is 21.5 Å². The van der Waals surface area contributed by atoms with E-state index < -0.39 is 0 Å². The number of hydrogen-bond acceptors (Lipinski definition) is 2. The van der Waals surface area contributed by atoms with Crippen molar-refractivity contribution in [3.8, 4) is 0 Å². The number of hydrogen-bond donors (Lipinski definition) is 0. The minimum atomic E-state index is 0.414. The van der Waals surface area contributed by atoms with Crippen molar-refractivity contribution in [1.82, 2.24) is 0 Å². The van der Waals surface area contributed by atoms with Gasteiger partial charge in [0.15, 0.2) is 0 Å². The predicted octanol–water partition coefficient (Wildman–Crippen LogP) is 11.0. The van der Waals surface area contributed by atoms with Crippen LogP contribution in [-0.4, -0.2) is 0 Å². The summed E-state index contributed by atoms with van der Waals surface area (Å²) in [6.45, 7) is 13.9. The van der Waals surface area contributed by atoms with E-state index in [1.165, 1.54) is 60.4 Å². The molecule has 0 aliphatic heterocycles. The third kappa shape index (κ3) is 5.64. The average molecular weight is 483 g/mol. The number of benzene rings is 3. The summed E-state index contributed by atoms with van der Waals surface area (Å²) in [6.07, 6.45) is 9.73. The Balaban J connectivity index is 1.36. The molecule has 0 fully saturated rings. The van der Waals surface area contributed by atoms with E-state index in [-0.39, 0.29) is 0 Å². The lowest BCUT2D eigenvalue weighted by molar-refractivity contribution is 0.360. The summed E-state index contributed by atoms with van der Waals surface area (Å²) < 4.78 is 12.7. The molecular formula is C34H42O2. The number of furan rings is 2. The summed E-state index contributed by atoms with van der Waals surface area (Å²) >= 11 is 0. The van der Waals surface area contributed by atoms with E-state index in [0.29, 0.717) is 10.8 Å². The van der Waals surface area contributed by atoms with Gasteiger partial charge in [-0.2, -0.15) is 0 Å². The van der Waals surface area contributed by atoms with Gasteiger partial charge in [-0.15, -0.1) is 0 Å². The van der Waals surface area contributed by atoms with Crippen molar-refractivity contribution >= 4 is 43.9 Å². The molecule has 0 unspecified atom stereocenters. The molecule has 0 aliphatic carbocycles. The Morgan fingerprint density at radius 2 is 0.861 bits per heavy atom. The molecule has 0 aliphatic rings. The lowest BCUT2D eigenvalue weighted by Crippen LogP contribution is -2.04. The van der Waals surface area contributed by atoms with Gasteiger partial charge in [-0.05, 0) is 84.7 Å². The largest absolute Gasteiger partial charge is 0.456 e. The first-order valence-electron chi connectivity index (χ1n) is 13.9. The van der Waals surface area contributed by atoms with E-state index in [1.54, 1.807) is 0 Å². The van der Waals surface area contributed by atoms with Crippen LogP contribution in [0.25, 0.3) is 43.9 Å². The third-order valence-electron chi connectivity index (χ3n) is 7.48. The monoisotopic (exact) mass is 482 g/mol. The van der Waals surface area contributed by atoms with E-state index in [1.807, 2.05) is 0 Å². The van der Waals surface area contributed by atoms with Gasteiger partial charge in [-0.1, -0.05) is 78.6 Å². The number of fused-ring (bicyclic) bond motifs is 6. The Morgan fingerprint density at radius 1 is 0.472 bits per heavy atom. The van der Waals surface area contributed by atoms with Crippen LogP contribution in [0.2, 0.25) is 0 Å². The molecule has 2 heteroatoms. The fourth-order valence-corrected chi connectivity index (χ4v) is 5.41. The zero-order chi connectivity index (χ0) is 25.5. The molecule has 2 heterocycles. The highest BCUT2D eigenvalue weighted by Gasteiger charge is 2.15. The molecule has 3 aromatic carbocycles. The van der Waals surface area contributed by atoms with E-state index in [0.717, 1.165) is 45.9 Å². The molecule has 2 nitrogen and oxygen atoms in total. The van der Waals surface area contributed by atoms with Crippen LogP contribution in [0, 0.1) is 10.8 Å². The molecule has 0 bridgehead atoms. The highest BCUT2D eigenvalue weighted by Crippen LogP contribution is 2.37. The van der Waals surface area contributed by atoms with E-state index in [2.05, 4.69) is 90.1 Å². The summed E-state index contributed by atoms with van der Waals surface area (Å²) in [7, 11) is 0. The maximum absolute atomic E-state index is 6.35. The number of unbranched alkanes of at least 4 members (excludes halogenated alkanes) is 2. The summed E-state index contributed by atoms with van der Waals surface area (Å²) in [4.78, 5) is 0. The van der Waals surface area contributed by atoms with Crippen molar-refractivity contribution in [2.24, 2.45) is 10.8 Å². The third-order valence-corrected chi connectivity index (χ3v) is 7.48. The Hall–Kier alpha value is -2.74. The summed E-state index contributed by atoms with van der Waals surface area (Å²) in [5.74, 6) is 0.